The summed E-state index contributed by atoms with van der Waals surface area (Å²) in [4.78, 5) is 1.23. The van der Waals surface area contributed by atoms with E-state index in [-0.39, 0.29) is 6.04 Å². The maximum absolute atomic E-state index is 5.59. The monoisotopic (exact) mass is 257 g/mol. The van der Waals surface area contributed by atoms with Gasteiger partial charge in [-0.3, -0.25) is 0 Å². The van der Waals surface area contributed by atoms with Crippen LogP contribution in [0.3, 0.4) is 0 Å². The molecule has 2 aromatic heterocycles. The van der Waals surface area contributed by atoms with E-state index in [9.17, 15) is 0 Å². The number of nitrogens with one attached hydrogen (secondary N) is 1. The Balaban J connectivity index is 1.98. The number of alkyl halides is 1. The lowest BCUT2D eigenvalue weighted by atomic mass is 10.3. The molecule has 0 aliphatic carbocycles. The molecule has 0 radical (unpaired) electrons. The first kappa shape index (κ1) is 11.4. The minimum Gasteiger partial charge on any atom is -0.408 e. The Kier molecular flexibility index (Phi) is 3.79. The molecule has 2 rings (SSSR count). The van der Waals surface area contributed by atoms with Crippen molar-refractivity contribution in [2.45, 2.75) is 19.4 Å². The number of rotatable bonds is 5. The van der Waals surface area contributed by atoms with E-state index in [1.807, 2.05) is 11.4 Å². The van der Waals surface area contributed by atoms with Crippen LogP contribution in [0.5, 0.6) is 0 Å². The molecule has 0 saturated heterocycles. The Hall–Kier alpha value is -1.07. The van der Waals surface area contributed by atoms with Gasteiger partial charge in [0.05, 0.1) is 6.04 Å². The van der Waals surface area contributed by atoms with Gasteiger partial charge in [0.1, 0.15) is 0 Å². The third-order valence-corrected chi connectivity index (χ3v) is 3.33. The van der Waals surface area contributed by atoms with Crippen molar-refractivity contribution in [1.29, 1.82) is 0 Å². The SMILES string of the molecule is CC(Nc1nnc(CCCl)o1)c1cccs1. The summed E-state index contributed by atoms with van der Waals surface area (Å²) in [5.74, 6) is 1.05. The smallest absolute Gasteiger partial charge is 0.315 e. The van der Waals surface area contributed by atoms with Gasteiger partial charge >= 0.3 is 6.01 Å². The van der Waals surface area contributed by atoms with Crippen LogP contribution in [0.4, 0.5) is 6.01 Å². The first-order chi connectivity index (χ1) is 7.79. The van der Waals surface area contributed by atoms with Gasteiger partial charge in [0, 0.05) is 17.2 Å². The number of nitrogens with zero attached hydrogens (tertiary/aromatic N) is 2. The van der Waals surface area contributed by atoms with Gasteiger partial charge in [-0.25, -0.2) is 0 Å². The molecule has 0 aliphatic heterocycles. The summed E-state index contributed by atoms with van der Waals surface area (Å²) in [6.07, 6.45) is 0.601. The zero-order chi connectivity index (χ0) is 11.4. The highest BCUT2D eigenvalue weighted by molar-refractivity contribution is 7.10. The second kappa shape index (κ2) is 5.32. The fourth-order valence-electron chi connectivity index (χ4n) is 1.29. The summed E-state index contributed by atoms with van der Waals surface area (Å²) < 4.78 is 5.38. The van der Waals surface area contributed by atoms with Crippen molar-refractivity contribution in [2.24, 2.45) is 0 Å². The van der Waals surface area contributed by atoms with Crippen molar-refractivity contribution < 1.29 is 4.42 Å². The van der Waals surface area contributed by atoms with Crippen LogP contribution in [-0.2, 0) is 6.42 Å². The molecule has 0 spiro atoms. The highest BCUT2D eigenvalue weighted by Gasteiger charge is 2.10. The molecule has 6 heteroatoms. The lowest BCUT2D eigenvalue weighted by Gasteiger charge is -2.08. The van der Waals surface area contributed by atoms with Gasteiger partial charge in [0.2, 0.25) is 5.89 Å². The Morgan fingerprint density at radius 2 is 2.44 bits per heavy atom. The number of thiophene rings is 1. The summed E-state index contributed by atoms with van der Waals surface area (Å²) >= 11 is 7.28. The second-order valence-corrected chi connectivity index (χ2v) is 4.68. The molecule has 0 fully saturated rings. The molecule has 0 saturated carbocycles. The molecule has 1 atom stereocenters. The molecular weight excluding hydrogens is 246 g/mol. The van der Waals surface area contributed by atoms with Crippen molar-refractivity contribution in [3.05, 3.63) is 28.3 Å². The first-order valence-electron chi connectivity index (χ1n) is 4.98. The molecule has 1 N–H and O–H groups in total. The van der Waals surface area contributed by atoms with E-state index in [0.717, 1.165) is 0 Å². The Labute approximate surface area is 103 Å². The summed E-state index contributed by atoms with van der Waals surface area (Å²) in [6.45, 7) is 2.05. The van der Waals surface area contributed by atoms with Crippen LogP contribution in [0.15, 0.2) is 21.9 Å². The number of aryl methyl sites for hydroxylation is 1. The third kappa shape index (κ3) is 2.74. The largest absolute Gasteiger partial charge is 0.408 e. The normalized spacial score (nSPS) is 12.6. The fourth-order valence-corrected chi connectivity index (χ4v) is 2.18. The van der Waals surface area contributed by atoms with Crippen LogP contribution >= 0.6 is 22.9 Å². The predicted molar refractivity (Wildman–Crippen MR) is 65.1 cm³/mol. The van der Waals surface area contributed by atoms with E-state index in [0.29, 0.717) is 24.2 Å². The minimum absolute atomic E-state index is 0.171. The van der Waals surface area contributed by atoms with Crippen LogP contribution in [0.1, 0.15) is 23.7 Å². The summed E-state index contributed by atoms with van der Waals surface area (Å²) in [7, 11) is 0. The first-order valence-corrected chi connectivity index (χ1v) is 6.39. The molecule has 1 unspecified atom stereocenters. The minimum atomic E-state index is 0.171. The lowest BCUT2D eigenvalue weighted by Crippen LogP contribution is -2.04. The van der Waals surface area contributed by atoms with Crippen molar-refractivity contribution in [3.63, 3.8) is 0 Å². The maximum atomic E-state index is 5.59. The number of anilines is 1. The number of hydrogen-bond acceptors (Lipinski definition) is 5. The average Bonchev–Trinajstić information content (AvgIpc) is 2.89. The zero-order valence-corrected chi connectivity index (χ0v) is 10.4. The summed E-state index contributed by atoms with van der Waals surface area (Å²) in [5.41, 5.74) is 0. The van der Waals surface area contributed by atoms with Gasteiger partial charge < -0.3 is 9.73 Å². The molecule has 0 aromatic carbocycles. The van der Waals surface area contributed by atoms with E-state index < -0.39 is 0 Å². The Morgan fingerprint density at radius 1 is 1.56 bits per heavy atom. The lowest BCUT2D eigenvalue weighted by molar-refractivity contribution is 0.508. The molecule has 4 nitrogen and oxygen atoms in total. The molecular formula is C10H12ClN3OS. The summed E-state index contributed by atoms with van der Waals surface area (Å²) in [5, 5.41) is 13.0. The number of hydrogen-bond donors (Lipinski definition) is 1. The average molecular weight is 258 g/mol. The molecule has 2 aromatic rings. The van der Waals surface area contributed by atoms with E-state index in [2.05, 4.69) is 28.5 Å². The van der Waals surface area contributed by atoms with Crippen molar-refractivity contribution in [2.75, 3.05) is 11.2 Å². The molecule has 0 amide bonds. The highest BCUT2D eigenvalue weighted by Crippen LogP contribution is 2.22. The molecule has 86 valence electrons. The van der Waals surface area contributed by atoms with Crippen LogP contribution in [-0.4, -0.2) is 16.1 Å². The van der Waals surface area contributed by atoms with Gasteiger partial charge in [-0.2, -0.15) is 0 Å². The standard InChI is InChI=1S/C10H12ClN3OS/c1-7(8-3-2-6-16-8)12-10-14-13-9(15-10)4-5-11/h2-3,6-7H,4-5H2,1H3,(H,12,14). The van der Waals surface area contributed by atoms with Gasteiger partial charge in [-0.15, -0.1) is 28.0 Å². The van der Waals surface area contributed by atoms with Crippen molar-refractivity contribution in [3.8, 4) is 0 Å². The van der Waals surface area contributed by atoms with Gasteiger partial charge in [0.15, 0.2) is 0 Å². The van der Waals surface area contributed by atoms with Gasteiger partial charge in [-0.1, -0.05) is 11.2 Å². The fraction of sp³-hybridized carbons (Fsp3) is 0.400. The van der Waals surface area contributed by atoms with E-state index in [4.69, 9.17) is 16.0 Å². The molecule has 0 aliphatic rings. The van der Waals surface area contributed by atoms with Crippen LogP contribution < -0.4 is 5.32 Å². The van der Waals surface area contributed by atoms with Gasteiger partial charge in [-0.05, 0) is 18.4 Å². The number of aromatic nitrogens is 2. The third-order valence-electron chi connectivity index (χ3n) is 2.09. The van der Waals surface area contributed by atoms with Crippen molar-refractivity contribution in [1.82, 2.24) is 10.2 Å². The quantitative estimate of drug-likeness (QED) is 0.837. The van der Waals surface area contributed by atoms with Crippen molar-refractivity contribution >= 4 is 29.0 Å². The predicted octanol–water partition coefficient (Wildman–Crippen LogP) is 3.09. The molecule has 2 heterocycles. The Morgan fingerprint density at radius 3 is 3.12 bits per heavy atom. The Bertz CT molecular complexity index is 429. The topological polar surface area (TPSA) is 51.0 Å². The maximum Gasteiger partial charge on any atom is 0.315 e. The van der Waals surface area contributed by atoms with E-state index in [1.54, 1.807) is 11.3 Å². The second-order valence-electron chi connectivity index (χ2n) is 3.32. The molecule has 0 bridgehead atoms. The van der Waals surface area contributed by atoms with Gasteiger partial charge in [0.25, 0.3) is 0 Å². The van der Waals surface area contributed by atoms with Crippen LogP contribution in [0.25, 0.3) is 0 Å². The van der Waals surface area contributed by atoms with E-state index in [1.165, 1.54) is 4.88 Å². The summed E-state index contributed by atoms with van der Waals surface area (Å²) in [6, 6.07) is 4.70. The van der Waals surface area contributed by atoms with Crippen LogP contribution in [0, 0.1) is 0 Å². The number of halogens is 1. The molecule has 16 heavy (non-hydrogen) atoms. The van der Waals surface area contributed by atoms with E-state index >= 15 is 0 Å². The van der Waals surface area contributed by atoms with Crippen LogP contribution in [0.2, 0.25) is 0 Å². The highest BCUT2D eigenvalue weighted by atomic mass is 35.5. The zero-order valence-electron chi connectivity index (χ0n) is 8.81.